The van der Waals surface area contributed by atoms with Crippen LogP contribution in [-0.4, -0.2) is 21.0 Å². The van der Waals surface area contributed by atoms with E-state index in [1.54, 1.807) is 0 Å². The smallest absolute Gasteiger partial charge is 0.314 e. The number of amidine groups is 1. The molecule has 2 rings (SSSR count). The number of benzene rings is 1. The van der Waals surface area contributed by atoms with E-state index in [0.717, 1.165) is 18.2 Å². The van der Waals surface area contributed by atoms with E-state index in [1.807, 2.05) is 0 Å². The number of nitro benzene ring substituents is 1. The van der Waals surface area contributed by atoms with E-state index in [2.05, 4.69) is 10.1 Å². The van der Waals surface area contributed by atoms with Gasteiger partial charge >= 0.3 is 5.69 Å². The zero-order valence-electron chi connectivity index (χ0n) is 10.4. The zero-order valence-corrected chi connectivity index (χ0v) is 10.4. The molecule has 0 spiro atoms. The summed E-state index contributed by atoms with van der Waals surface area (Å²) in [5.41, 5.74) is 5.10. The fraction of sp³-hybridized carbons (Fsp3) is 0. The highest BCUT2D eigenvalue weighted by molar-refractivity contribution is 5.99. The van der Waals surface area contributed by atoms with Gasteiger partial charge in [0.05, 0.1) is 22.7 Å². The first-order valence-electron chi connectivity index (χ1n) is 5.56. The van der Waals surface area contributed by atoms with Gasteiger partial charge in [0.25, 0.3) is 0 Å². The van der Waals surface area contributed by atoms with Crippen molar-refractivity contribution in [2.75, 3.05) is 0 Å². The first-order valence-corrected chi connectivity index (χ1v) is 5.56. The molecular formula is C12H9FN4O4. The van der Waals surface area contributed by atoms with Crippen LogP contribution < -0.4 is 10.5 Å². The molecule has 8 nitrogen and oxygen atoms in total. The molecule has 2 aromatic rings. The highest BCUT2D eigenvalue weighted by Crippen LogP contribution is 2.32. The highest BCUT2D eigenvalue weighted by Gasteiger charge is 2.19. The maximum Gasteiger partial charge on any atom is 0.314 e. The number of pyridine rings is 1. The first-order chi connectivity index (χ1) is 10.0. The van der Waals surface area contributed by atoms with Gasteiger partial charge in [-0.15, -0.1) is 0 Å². The number of oxime groups is 1. The van der Waals surface area contributed by atoms with Crippen LogP contribution in [0, 0.1) is 15.9 Å². The lowest BCUT2D eigenvalue weighted by atomic mass is 10.2. The van der Waals surface area contributed by atoms with E-state index in [9.17, 15) is 14.5 Å². The molecule has 0 atom stereocenters. The maximum absolute atomic E-state index is 13.1. The minimum absolute atomic E-state index is 0.0301. The number of nitrogens with two attached hydrogens (primary N) is 1. The Hall–Kier alpha value is -3.23. The lowest BCUT2D eigenvalue weighted by Gasteiger charge is -2.09. The molecule has 0 unspecified atom stereocenters. The fourth-order valence-corrected chi connectivity index (χ4v) is 1.56. The molecule has 0 aliphatic carbocycles. The van der Waals surface area contributed by atoms with Gasteiger partial charge in [-0.3, -0.25) is 15.1 Å². The minimum atomic E-state index is -0.780. The lowest BCUT2D eigenvalue weighted by molar-refractivity contribution is -0.385. The van der Waals surface area contributed by atoms with Crippen molar-refractivity contribution in [3.63, 3.8) is 0 Å². The summed E-state index contributed by atoms with van der Waals surface area (Å²) in [6.45, 7) is 0. The van der Waals surface area contributed by atoms with Crippen LogP contribution in [-0.2, 0) is 0 Å². The number of aromatic nitrogens is 1. The average molecular weight is 292 g/mol. The SMILES string of the molecule is N/C(=N/O)c1ccncc1Oc1ccc(F)cc1[N+](=O)[O-]. The molecule has 1 aromatic carbocycles. The van der Waals surface area contributed by atoms with Crippen LogP contribution >= 0.6 is 0 Å². The van der Waals surface area contributed by atoms with Crippen LogP contribution in [0.3, 0.4) is 0 Å². The standard InChI is InChI=1S/C12H9FN4O4/c13-7-1-2-10(9(5-7)17(19)20)21-11-6-15-4-3-8(11)12(14)16-18/h1-6,18H,(H2,14,16). The summed E-state index contributed by atoms with van der Waals surface area (Å²) < 4.78 is 18.4. The lowest BCUT2D eigenvalue weighted by Crippen LogP contribution is -2.14. The van der Waals surface area contributed by atoms with Crippen molar-refractivity contribution in [2.45, 2.75) is 0 Å². The number of nitro groups is 1. The number of hydrogen-bond acceptors (Lipinski definition) is 6. The summed E-state index contributed by atoms with van der Waals surface area (Å²) >= 11 is 0. The van der Waals surface area contributed by atoms with Crippen molar-refractivity contribution >= 4 is 11.5 Å². The van der Waals surface area contributed by atoms with Gasteiger partial charge in [0, 0.05) is 6.20 Å². The van der Waals surface area contributed by atoms with Crippen molar-refractivity contribution in [3.05, 3.63) is 58.2 Å². The average Bonchev–Trinajstić information content (AvgIpc) is 2.48. The second-order valence-electron chi connectivity index (χ2n) is 3.83. The Morgan fingerprint density at radius 2 is 2.19 bits per heavy atom. The van der Waals surface area contributed by atoms with Gasteiger partial charge < -0.3 is 15.7 Å². The van der Waals surface area contributed by atoms with Gasteiger partial charge in [0.15, 0.2) is 11.6 Å². The number of ether oxygens (including phenoxy) is 1. The minimum Gasteiger partial charge on any atom is -0.448 e. The summed E-state index contributed by atoms with van der Waals surface area (Å²) in [5.74, 6) is -1.18. The number of hydrogen-bond donors (Lipinski definition) is 2. The van der Waals surface area contributed by atoms with E-state index in [1.165, 1.54) is 18.5 Å². The van der Waals surface area contributed by atoms with E-state index in [0.29, 0.717) is 0 Å². The number of nitrogens with zero attached hydrogens (tertiary/aromatic N) is 3. The molecular weight excluding hydrogens is 283 g/mol. The molecule has 0 amide bonds. The Labute approximate surface area is 117 Å². The van der Waals surface area contributed by atoms with Crippen molar-refractivity contribution in [3.8, 4) is 11.5 Å². The maximum atomic E-state index is 13.1. The van der Waals surface area contributed by atoms with Gasteiger partial charge in [-0.05, 0) is 18.2 Å². The van der Waals surface area contributed by atoms with E-state index >= 15 is 0 Å². The topological polar surface area (TPSA) is 124 Å². The van der Waals surface area contributed by atoms with E-state index < -0.39 is 16.4 Å². The molecule has 1 aromatic heterocycles. The van der Waals surface area contributed by atoms with Crippen molar-refractivity contribution in [1.82, 2.24) is 4.98 Å². The molecule has 0 aliphatic rings. The van der Waals surface area contributed by atoms with Crippen molar-refractivity contribution < 1.29 is 19.3 Å². The second kappa shape index (κ2) is 5.82. The Morgan fingerprint density at radius 3 is 2.86 bits per heavy atom. The monoisotopic (exact) mass is 292 g/mol. The van der Waals surface area contributed by atoms with Gasteiger partial charge in [0.1, 0.15) is 5.82 Å². The number of halogens is 1. The molecule has 21 heavy (non-hydrogen) atoms. The summed E-state index contributed by atoms with van der Waals surface area (Å²) in [6.07, 6.45) is 2.61. The van der Waals surface area contributed by atoms with Gasteiger partial charge in [-0.25, -0.2) is 4.39 Å². The summed E-state index contributed by atoms with van der Waals surface area (Å²) in [7, 11) is 0. The third kappa shape index (κ3) is 3.03. The van der Waals surface area contributed by atoms with Crippen LogP contribution in [0.5, 0.6) is 11.5 Å². The van der Waals surface area contributed by atoms with E-state index in [4.69, 9.17) is 15.7 Å². The quantitative estimate of drug-likeness (QED) is 0.292. The molecule has 0 bridgehead atoms. The van der Waals surface area contributed by atoms with Crippen molar-refractivity contribution in [1.29, 1.82) is 0 Å². The van der Waals surface area contributed by atoms with Crippen LogP contribution in [0.2, 0.25) is 0 Å². The third-order valence-corrected chi connectivity index (χ3v) is 2.51. The normalized spacial score (nSPS) is 11.2. The Bertz CT molecular complexity index is 720. The highest BCUT2D eigenvalue weighted by atomic mass is 19.1. The third-order valence-electron chi connectivity index (χ3n) is 2.51. The molecule has 9 heteroatoms. The van der Waals surface area contributed by atoms with Gasteiger partial charge in [-0.1, -0.05) is 5.16 Å². The van der Waals surface area contributed by atoms with Crippen LogP contribution in [0.4, 0.5) is 10.1 Å². The molecule has 0 saturated carbocycles. The fourth-order valence-electron chi connectivity index (χ4n) is 1.56. The molecule has 0 aliphatic heterocycles. The summed E-state index contributed by atoms with van der Waals surface area (Å²) in [5, 5.41) is 22.4. The van der Waals surface area contributed by atoms with Crippen LogP contribution in [0.25, 0.3) is 0 Å². The largest absolute Gasteiger partial charge is 0.448 e. The molecule has 1 heterocycles. The molecule has 0 saturated heterocycles. The first kappa shape index (κ1) is 14.2. The second-order valence-corrected chi connectivity index (χ2v) is 3.83. The van der Waals surface area contributed by atoms with Crippen molar-refractivity contribution in [2.24, 2.45) is 10.9 Å². The molecule has 0 radical (unpaired) electrons. The number of rotatable bonds is 4. The molecule has 0 fully saturated rings. The summed E-state index contributed by atoms with van der Waals surface area (Å²) in [4.78, 5) is 13.9. The molecule has 3 N–H and O–H groups in total. The van der Waals surface area contributed by atoms with Crippen LogP contribution in [0.1, 0.15) is 5.56 Å². The Morgan fingerprint density at radius 1 is 1.43 bits per heavy atom. The van der Waals surface area contributed by atoms with Gasteiger partial charge in [-0.2, -0.15) is 0 Å². The Kier molecular flexibility index (Phi) is 3.93. The Balaban J connectivity index is 2.46. The predicted molar refractivity (Wildman–Crippen MR) is 69.9 cm³/mol. The predicted octanol–water partition coefficient (Wildman–Crippen LogP) is 2.02. The van der Waals surface area contributed by atoms with E-state index in [-0.39, 0.29) is 22.9 Å². The van der Waals surface area contributed by atoms with Crippen LogP contribution in [0.15, 0.2) is 41.8 Å². The summed E-state index contributed by atoms with van der Waals surface area (Å²) in [6, 6.07) is 4.26. The zero-order chi connectivity index (χ0) is 15.4. The molecule has 108 valence electrons. The van der Waals surface area contributed by atoms with Gasteiger partial charge in [0.2, 0.25) is 5.75 Å².